The molecule has 1 N–H and O–H groups in total. The number of rotatable bonds is 2. The minimum atomic E-state index is -0.556. The van der Waals surface area contributed by atoms with E-state index in [0.29, 0.717) is 18.7 Å². The van der Waals surface area contributed by atoms with E-state index < -0.39 is 6.10 Å². The van der Waals surface area contributed by atoms with E-state index in [1.807, 2.05) is 26.2 Å². The SMILES string of the molecule is Cc1ccn(C)c1C(=O)N1C[C@@H](O)C[C@H]1c1ccc(F)cc1. The number of halogens is 1. The van der Waals surface area contributed by atoms with Gasteiger partial charge in [0.1, 0.15) is 11.5 Å². The lowest BCUT2D eigenvalue weighted by atomic mass is 10.0. The number of benzene rings is 1. The fourth-order valence-corrected chi connectivity index (χ4v) is 3.15. The van der Waals surface area contributed by atoms with Crippen LogP contribution in [0.5, 0.6) is 0 Å². The van der Waals surface area contributed by atoms with Gasteiger partial charge in [0, 0.05) is 19.8 Å². The summed E-state index contributed by atoms with van der Waals surface area (Å²) in [5.41, 5.74) is 2.38. The lowest BCUT2D eigenvalue weighted by Gasteiger charge is -2.25. The van der Waals surface area contributed by atoms with Crippen molar-refractivity contribution in [3.05, 3.63) is 59.2 Å². The Morgan fingerprint density at radius 2 is 1.95 bits per heavy atom. The average molecular weight is 302 g/mol. The van der Waals surface area contributed by atoms with E-state index in [2.05, 4.69) is 0 Å². The number of aromatic nitrogens is 1. The van der Waals surface area contributed by atoms with E-state index in [0.717, 1.165) is 11.1 Å². The fourth-order valence-electron chi connectivity index (χ4n) is 3.15. The number of nitrogens with zero attached hydrogens (tertiary/aromatic N) is 2. The molecule has 1 saturated heterocycles. The number of hydrogen-bond donors (Lipinski definition) is 1. The average Bonchev–Trinajstić information content (AvgIpc) is 3.02. The van der Waals surface area contributed by atoms with Crippen molar-refractivity contribution in [2.24, 2.45) is 7.05 Å². The molecule has 1 aromatic heterocycles. The first-order chi connectivity index (χ1) is 10.5. The third kappa shape index (κ3) is 2.52. The second-order valence-corrected chi connectivity index (χ2v) is 5.87. The molecular weight excluding hydrogens is 283 g/mol. The molecule has 0 spiro atoms. The van der Waals surface area contributed by atoms with E-state index in [9.17, 15) is 14.3 Å². The van der Waals surface area contributed by atoms with E-state index >= 15 is 0 Å². The molecule has 0 radical (unpaired) electrons. The van der Waals surface area contributed by atoms with E-state index in [1.54, 1.807) is 21.6 Å². The van der Waals surface area contributed by atoms with E-state index in [4.69, 9.17) is 0 Å². The molecule has 1 aliphatic heterocycles. The van der Waals surface area contributed by atoms with Crippen LogP contribution in [0.25, 0.3) is 0 Å². The van der Waals surface area contributed by atoms with Gasteiger partial charge in [-0.25, -0.2) is 4.39 Å². The highest BCUT2D eigenvalue weighted by Crippen LogP contribution is 2.33. The lowest BCUT2D eigenvalue weighted by Crippen LogP contribution is -2.33. The Kier molecular flexibility index (Phi) is 3.74. The minimum Gasteiger partial charge on any atom is -0.391 e. The maximum absolute atomic E-state index is 13.1. The third-order valence-corrected chi connectivity index (χ3v) is 4.27. The number of carbonyl (C=O) groups is 1. The lowest BCUT2D eigenvalue weighted by molar-refractivity contribution is 0.0705. The molecular formula is C17H19FN2O2. The Labute approximate surface area is 128 Å². The van der Waals surface area contributed by atoms with Crippen molar-refractivity contribution in [1.29, 1.82) is 0 Å². The molecule has 1 amide bonds. The van der Waals surface area contributed by atoms with Crippen LogP contribution in [0.3, 0.4) is 0 Å². The zero-order valence-electron chi connectivity index (χ0n) is 12.7. The number of β-amino-alcohol motifs (C(OH)–C–C–N with tert-alkyl or cyclic N) is 1. The van der Waals surface area contributed by atoms with Gasteiger partial charge in [0.25, 0.3) is 5.91 Å². The van der Waals surface area contributed by atoms with Crippen LogP contribution in [0, 0.1) is 12.7 Å². The molecule has 4 nitrogen and oxygen atoms in total. The molecule has 22 heavy (non-hydrogen) atoms. The van der Waals surface area contributed by atoms with Gasteiger partial charge in [-0.2, -0.15) is 0 Å². The second-order valence-electron chi connectivity index (χ2n) is 5.87. The van der Waals surface area contributed by atoms with Crippen molar-refractivity contribution < 1.29 is 14.3 Å². The summed E-state index contributed by atoms with van der Waals surface area (Å²) in [6.45, 7) is 2.19. The number of aliphatic hydroxyl groups excluding tert-OH is 1. The maximum atomic E-state index is 13.1. The Morgan fingerprint density at radius 3 is 2.55 bits per heavy atom. The van der Waals surface area contributed by atoms with Crippen LogP contribution in [0.2, 0.25) is 0 Å². The Hall–Kier alpha value is -2.14. The first-order valence-electron chi connectivity index (χ1n) is 7.34. The number of likely N-dealkylation sites (tertiary alicyclic amines) is 1. The molecule has 3 rings (SSSR count). The molecule has 2 aromatic rings. The maximum Gasteiger partial charge on any atom is 0.271 e. The van der Waals surface area contributed by atoms with Gasteiger partial charge in [0.2, 0.25) is 0 Å². The van der Waals surface area contributed by atoms with Crippen molar-refractivity contribution in [3.8, 4) is 0 Å². The monoisotopic (exact) mass is 302 g/mol. The summed E-state index contributed by atoms with van der Waals surface area (Å²) >= 11 is 0. The number of hydrogen-bond acceptors (Lipinski definition) is 2. The van der Waals surface area contributed by atoms with Crippen molar-refractivity contribution >= 4 is 5.91 Å². The van der Waals surface area contributed by atoms with Crippen molar-refractivity contribution in [2.45, 2.75) is 25.5 Å². The van der Waals surface area contributed by atoms with Gasteiger partial charge >= 0.3 is 0 Å². The molecule has 1 aliphatic rings. The number of aliphatic hydroxyl groups is 1. The standard InChI is InChI=1S/C17H19FN2O2/c1-11-7-8-19(2)16(11)17(22)20-10-14(21)9-15(20)12-3-5-13(18)6-4-12/h3-8,14-15,21H,9-10H2,1-2H3/t14-,15-/m0/s1. The van der Waals surface area contributed by atoms with Crippen LogP contribution in [0.1, 0.15) is 34.1 Å². The van der Waals surface area contributed by atoms with Gasteiger partial charge in [0.15, 0.2) is 0 Å². The number of amides is 1. The molecule has 1 aromatic carbocycles. The molecule has 0 bridgehead atoms. The minimum absolute atomic E-state index is 0.101. The molecule has 0 unspecified atom stereocenters. The third-order valence-electron chi connectivity index (χ3n) is 4.27. The van der Waals surface area contributed by atoms with Gasteiger partial charge in [-0.3, -0.25) is 4.79 Å². The van der Waals surface area contributed by atoms with Gasteiger partial charge in [-0.05, 0) is 42.7 Å². The molecule has 0 saturated carbocycles. The van der Waals surface area contributed by atoms with Crippen molar-refractivity contribution in [3.63, 3.8) is 0 Å². The normalized spacial score (nSPS) is 21.4. The first-order valence-corrected chi connectivity index (χ1v) is 7.34. The zero-order chi connectivity index (χ0) is 15.9. The summed E-state index contributed by atoms with van der Waals surface area (Å²) < 4.78 is 14.9. The first kappa shape index (κ1) is 14.8. The predicted octanol–water partition coefficient (Wildman–Crippen LogP) is 2.42. The quantitative estimate of drug-likeness (QED) is 0.926. The molecule has 0 aliphatic carbocycles. The van der Waals surface area contributed by atoms with E-state index in [-0.39, 0.29) is 17.8 Å². The van der Waals surface area contributed by atoms with Gasteiger partial charge in [0.05, 0.1) is 12.1 Å². The molecule has 116 valence electrons. The largest absolute Gasteiger partial charge is 0.391 e. The van der Waals surface area contributed by atoms with Crippen molar-refractivity contribution in [1.82, 2.24) is 9.47 Å². The number of aryl methyl sites for hydroxylation is 2. The summed E-state index contributed by atoms with van der Waals surface area (Å²) in [5.74, 6) is -0.408. The fraction of sp³-hybridized carbons (Fsp3) is 0.353. The summed E-state index contributed by atoms with van der Waals surface area (Å²) in [4.78, 5) is 14.5. The van der Waals surface area contributed by atoms with Crippen molar-refractivity contribution in [2.75, 3.05) is 6.54 Å². The van der Waals surface area contributed by atoms with Crippen LogP contribution in [0.15, 0.2) is 36.5 Å². The molecule has 2 atom stereocenters. The van der Waals surface area contributed by atoms with Crippen LogP contribution in [0.4, 0.5) is 4.39 Å². The predicted molar refractivity (Wildman–Crippen MR) is 81.0 cm³/mol. The van der Waals surface area contributed by atoms with Gasteiger partial charge in [-0.1, -0.05) is 12.1 Å². The Morgan fingerprint density at radius 1 is 1.27 bits per heavy atom. The highest BCUT2D eigenvalue weighted by molar-refractivity contribution is 5.94. The van der Waals surface area contributed by atoms with Crippen LogP contribution < -0.4 is 0 Å². The zero-order valence-corrected chi connectivity index (χ0v) is 12.7. The van der Waals surface area contributed by atoms with Crippen LogP contribution in [-0.2, 0) is 7.05 Å². The highest BCUT2D eigenvalue weighted by atomic mass is 19.1. The molecule has 2 heterocycles. The summed E-state index contributed by atoms with van der Waals surface area (Å²) in [5, 5.41) is 10.00. The topological polar surface area (TPSA) is 45.5 Å². The highest BCUT2D eigenvalue weighted by Gasteiger charge is 2.36. The molecule has 5 heteroatoms. The van der Waals surface area contributed by atoms with Gasteiger partial charge in [-0.15, -0.1) is 0 Å². The van der Waals surface area contributed by atoms with Crippen LogP contribution >= 0.6 is 0 Å². The summed E-state index contributed by atoms with van der Waals surface area (Å²) in [7, 11) is 1.83. The smallest absolute Gasteiger partial charge is 0.271 e. The van der Waals surface area contributed by atoms with Gasteiger partial charge < -0.3 is 14.6 Å². The van der Waals surface area contributed by atoms with E-state index in [1.165, 1.54) is 12.1 Å². The second kappa shape index (κ2) is 5.57. The van der Waals surface area contributed by atoms with Crippen LogP contribution in [-0.4, -0.2) is 33.1 Å². The molecule has 1 fully saturated rings. The number of carbonyl (C=O) groups excluding carboxylic acids is 1. The summed E-state index contributed by atoms with van der Waals surface area (Å²) in [6, 6.07) is 7.80. The summed E-state index contributed by atoms with van der Waals surface area (Å²) in [6.07, 6.45) is 1.77. The Bertz CT molecular complexity index is 674. The Balaban J connectivity index is 1.94.